The summed E-state index contributed by atoms with van der Waals surface area (Å²) in [5.74, 6) is -1.45. The number of amides is 1. The number of nitrogens with one attached hydrogen (secondary N) is 1. The van der Waals surface area contributed by atoms with Crippen molar-refractivity contribution in [3.8, 4) is 0 Å². The highest BCUT2D eigenvalue weighted by Gasteiger charge is 2.21. The summed E-state index contributed by atoms with van der Waals surface area (Å²) >= 11 is 3.35. The molecule has 0 fully saturated rings. The molecule has 0 radical (unpaired) electrons. The zero-order valence-corrected chi connectivity index (χ0v) is 13.6. The number of hydrogen-bond donors (Lipinski definition) is 1. The Morgan fingerprint density at radius 2 is 2.14 bits per heavy atom. The molecule has 0 heterocycles. The fourth-order valence-electron chi connectivity index (χ4n) is 1.85. The molecule has 21 heavy (non-hydrogen) atoms. The van der Waals surface area contributed by atoms with Gasteiger partial charge in [-0.2, -0.15) is 0 Å². The van der Waals surface area contributed by atoms with Gasteiger partial charge in [0.05, 0.1) is 16.6 Å². The first-order valence-corrected chi connectivity index (χ1v) is 7.67. The van der Waals surface area contributed by atoms with Crippen LogP contribution in [0.1, 0.15) is 37.0 Å². The quantitative estimate of drug-likeness (QED) is 0.458. The monoisotopic (exact) mass is 360 g/mol. The third-order valence-electron chi connectivity index (χ3n) is 3.12. The molecule has 1 amide bonds. The van der Waals surface area contributed by atoms with E-state index in [1.54, 1.807) is 0 Å². The molecule has 0 aliphatic heterocycles. The van der Waals surface area contributed by atoms with Crippen molar-refractivity contribution < 1.29 is 14.1 Å². The van der Waals surface area contributed by atoms with Crippen LogP contribution >= 0.6 is 15.9 Å². The number of nitro groups is 1. The number of carbonyl (C=O) groups excluding carboxylic acids is 1. The minimum atomic E-state index is -0.889. The van der Waals surface area contributed by atoms with Gasteiger partial charge in [-0.1, -0.05) is 29.8 Å². The molecule has 0 atom stereocenters. The van der Waals surface area contributed by atoms with Gasteiger partial charge in [0.25, 0.3) is 11.6 Å². The van der Waals surface area contributed by atoms with E-state index in [1.807, 2.05) is 13.8 Å². The Morgan fingerprint density at radius 3 is 2.67 bits per heavy atom. The maximum Gasteiger partial charge on any atom is 0.272 e. The van der Waals surface area contributed by atoms with E-state index in [4.69, 9.17) is 0 Å². The van der Waals surface area contributed by atoms with Crippen molar-refractivity contribution >= 4 is 27.5 Å². The first-order valence-electron chi connectivity index (χ1n) is 6.55. The van der Waals surface area contributed by atoms with E-state index in [0.29, 0.717) is 6.54 Å². The van der Waals surface area contributed by atoms with Crippen LogP contribution in [0.2, 0.25) is 0 Å². The summed E-state index contributed by atoms with van der Waals surface area (Å²) in [6.07, 6.45) is 1.90. The molecule has 0 aliphatic rings. The molecule has 0 aromatic heterocycles. The summed E-state index contributed by atoms with van der Waals surface area (Å²) in [4.78, 5) is 21.8. The summed E-state index contributed by atoms with van der Waals surface area (Å²) in [6, 6.07) is 3.01. The highest BCUT2D eigenvalue weighted by atomic mass is 79.9. The molecule has 0 spiro atoms. The molecule has 0 aliphatic carbocycles. The lowest BCUT2D eigenvalue weighted by Gasteiger charge is -2.24. The van der Waals surface area contributed by atoms with Crippen LogP contribution < -0.4 is 5.32 Å². The number of halogens is 2. The molecule has 116 valence electrons. The van der Waals surface area contributed by atoms with Gasteiger partial charge in [0.2, 0.25) is 0 Å². The van der Waals surface area contributed by atoms with Gasteiger partial charge in [0, 0.05) is 17.9 Å². The topological polar surface area (TPSA) is 72.2 Å². The Labute approximate surface area is 131 Å². The molecular weight excluding hydrogens is 343 g/mol. The van der Waals surface area contributed by atoms with Crippen LogP contribution in [0.25, 0.3) is 0 Å². The molecule has 1 N–H and O–H groups in total. The summed E-state index contributed by atoms with van der Waals surface area (Å²) in [5, 5.41) is 14.1. The smallest absolute Gasteiger partial charge is 0.272 e. The predicted molar refractivity (Wildman–Crippen MR) is 82.2 cm³/mol. The molecule has 0 saturated heterocycles. The molecule has 0 unspecified atom stereocenters. The van der Waals surface area contributed by atoms with E-state index >= 15 is 0 Å². The fourth-order valence-corrected chi connectivity index (χ4v) is 2.13. The van der Waals surface area contributed by atoms with E-state index in [2.05, 4.69) is 21.2 Å². The van der Waals surface area contributed by atoms with Crippen LogP contribution in [0.4, 0.5) is 10.1 Å². The number of benzene rings is 1. The lowest BCUT2D eigenvalue weighted by Crippen LogP contribution is -2.34. The minimum Gasteiger partial charge on any atom is -0.351 e. The summed E-state index contributed by atoms with van der Waals surface area (Å²) in [5.41, 5.74) is -0.653. The van der Waals surface area contributed by atoms with Crippen LogP contribution in [0.3, 0.4) is 0 Å². The number of rotatable bonds is 7. The van der Waals surface area contributed by atoms with Crippen LogP contribution in [-0.4, -0.2) is 22.7 Å². The van der Waals surface area contributed by atoms with Crippen molar-refractivity contribution in [1.82, 2.24) is 5.32 Å². The van der Waals surface area contributed by atoms with Gasteiger partial charge in [-0.05, 0) is 24.3 Å². The highest BCUT2D eigenvalue weighted by molar-refractivity contribution is 9.09. The van der Waals surface area contributed by atoms with E-state index < -0.39 is 16.6 Å². The summed E-state index contributed by atoms with van der Waals surface area (Å²) in [7, 11) is 0. The molecule has 7 heteroatoms. The van der Waals surface area contributed by atoms with Gasteiger partial charge in [0.1, 0.15) is 5.82 Å². The van der Waals surface area contributed by atoms with Crippen molar-refractivity contribution in [2.45, 2.75) is 26.7 Å². The van der Waals surface area contributed by atoms with E-state index in [-0.39, 0.29) is 16.7 Å². The number of carbonyl (C=O) groups is 1. The molecule has 0 saturated carbocycles. The Balaban J connectivity index is 2.70. The molecule has 1 aromatic rings. The Bertz CT molecular complexity index is 535. The average Bonchev–Trinajstić information content (AvgIpc) is 2.42. The van der Waals surface area contributed by atoms with Crippen molar-refractivity contribution in [3.05, 3.63) is 39.7 Å². The van der Waals surface area contributed by atoms with E-state index in [1.165, 1.54) is 0 Å². The van der Waals surface area contributed by atoms with Crippen molar-refractivity contribution in [2.75, 3.05) is 11.9 Å². The third kappa shape index (κ3) is 5.41. The van der Waals surface area contributed by atoms with Crippen LogP contribution in [0.15, 0.2) is 18.2 Å². The third-order valence-corrected chi connectivity index (χ3v) is 3.68. The predicted octanol–water partition coefficient (Wildman–Crippen LogP) is 3.67. The van der Waals surface area contributed by atoms with Crippen LogP contribution in [0.5, 0.6) is 0 Å². The van der Waals surface area contributed by atoms with Crippen molar-refractivity contribution in [3.63, 3.8) is 0 Å². The molecule has 0 bridgehead atoms. The first kappa shape index (κ1) is 17.6. The Morgan fingerprint density at radius 1 is 1.48 bits per heavy atom. The second-order valence-electron chi connectivity index (χ2n) is 5.56. The summed E-state index contributed by atoms with van der Waals surface area (Å²) in [6.45, 7) is 4.44. The van der Waals surface area contributed by atoms with Crippen molar-refractivity contribution in [2.24, 2.45) is 5.41 Å². The molecule has 1 aromatic carbocycles. The molecular formula is C14H18BrFN2O3. The van der Waals surface area contributed by atoms with Gasteiger partial charge in [-0.25, -0.2) is 4.39 Å². The lowest BCUT2D eigenvalue weighted by atomic mass is 9.88. The second-order valence-corrected chi connectivity index (χ2v) is 6.35. The van der Waals surface area contributed by atoms with Gasteiger partial charge in [0.15, 0.2) is 0 Å². The van der Waals surface area contributed by atoms with E-state index in [9.17, 15) is 19.3 Å². The van der Waals surface area contributed by atoms with E-state index in [0.717, 1.165) is 36.4 Å². The van der Waals surface area contributed by atoms with Crippen LogP contribution in [0, 0.1) is 21.3 Å². The zero-order valence-electron chi connectivity index (χ0n) is 12.0. The van der Waals surface area contributed by atoms with Crippen LogP contribution in [-0.2, 0) is 0 Å². The number of hydrogen-bond acceptors (Lipinski definition) is 3. The van der Waals surface area contributed by atoms with Crippen molar-refractivity contribution in [1.29, 1.82) is 0 Å². The number of nitro benzene ring substituents is 1. The largest absolute Gasteiger partial charge is 0.351 e. The first-order chi connectivity index (χ1) is 9.76. The van der Waals surface area contributed by atoms with Gasteiger partial charge < -0.3 is 5.32 Å². The minimum absolute atomic E-state index is 0.0965. The Kier molecular flexibility index (Phi) is 6.26. The normalized spacial score (nSPS) is 11.2. The summed E-state index contributed by atoms with van der Waals surface area (Å²) < 4.78 is 13.7. The SMILES string of the molecule is CC(C)(CCCBr)CNC(=O)c1ccc([N+](=O)[O-])cc1F. The standard InChI is InChI=1S/C14H18BrFN2O3/c1-14(2,6-3-7-15)9-17-13(19)11-5-4-10(18(20)21)8-12(11)16/h4-5,8H,3,6-7,9H2,1-2H3,(H,17,19). The van der Waals surface area contributed by atoms with Gasteiger partial charge in [-0.15, -0.1) is 0 Å². The average molecular weight is 361 g/mol. The second kappa shape index (κ2) is 7.49. The molecule has 1 rings (SSSR count). The fraction of sp³-hybridized carbons (Fsp3) is 0.500. The van der Waals surface area contributed by atoms with Gasteiger partial charge >= 0.3 is 0 Å². The maximum absolute atomic E-state index is 13.7. The van der Waals surface area contributed by atoms with Gasteiger partial charge in [-0.3, -0.25) is 14.9 Å². The lowest BCUT2D eigenvalue weighted by molar-refractivity contribution is -0.385. The number of alkyl halides is 1. The maximum atomic E-state index is 13.7. The highest BCUT2D eigenvalue weighted by Crippen LogP contribution is 2.22. The Hall–Kier alpha value is -1.50. The number of nitrogens with zero attached hydrogens (tertiary/aromatic N) is 1. The zero-order chi connectivity index (χ0) is 16.0. The number of non-ortho nitro benzene ring substituents is 1. The molecule has 5 nitrogen and oxygen atoms in total.